The summed E-state index contributed by atoms with van der Waals surface area (Å²) in [4.78, 5) is 0. The van der Waals surface area contributed by atoms with E-state index in [9.17, 15) is 0 Å². The van der Waals surface area contributed by atoms with E-state index in [0.717, 1.165) is 0 Å². The molecule has 0 aromatic heterocycles. The molecule has 0 atom stereocenters. The Morgan fingerprint density at radius 1 is 1.71 bits per heavy atom. The van der Waals surface area contributed by atoms with Gasteiger partial charge < -0.3 is 0 Å². The molecule has 0 spiro atoms. The van der Waals surface area contributed by atoms with Crippen molar-refractivity contribution in [2.45, 2.75) is 13.8 Å². The zero-order chi connectivity index (χ0) is 5.70. The zero-order valence-corrected chi connectivity index (χ0v) is 5.31. The third kappa shape index (κ3) is 5.69. The van der Waals surface area contributed by atoms with Crippen molar-refractivity contribution >= 4 is 23.9 Å². The van der Waals surface area contributed by atoms with Crippen LogP contribution in [0.2, 0.25) is 0 Å². The highest BCUT2D eigenvalue weighted by molar-refractivity contribution is 7.96. The van der Waals surface area contributed by atoms with Crippen LogP contribution in [0.25, 0.3) is 0 Å². The first kappa shape index (κ1) is 6.69. The minimum Gasteiger partial charge on any atom is -0.163 e. The normalized spacial score (nSPS) is 13.3. The number of hydrogen-bond donors (Lipinski definition) is 1. The second-order valence-electron chi connectivity index (χ2n) is 1.02. The summed E-state index contributed by atoms with van der Waals surface area (Å²) in [6, 6.07) is 0. The van der Waals surface area contributed by atoms with Crippen LogP contribution in [-0.2, 0) is 0 Å². The molecule has 0 saturated heterocycles. The maximum Gasteiger partial charge on any atom is 0.0897 e. The minimum absolute atomic E-state index is 0.679. The Morgan fingerprint density at radius 3 is 2.43 bits per heavy atom. The molecule has 0 unspecified atom stereocenters. The van der Waals surface area contributed by atoms with Crippen molar-refractivity contribution in [2.75, 3.05) is 0 Å². The van der Waals surface area contributed by atoms with Gasteiger partial charge in [0.2, 0.25) is 0 Å². The second-order valence-corrected chi connectivity index (χ2v) is 1.67. The van der Waals surface area contributed by atoms with E-state index < -0.39 is 0 Å². The summed E-state index contributed by atoms with van der Waals surface area (Å²) in [5.41, 5.74) is 0. The van der Waals surface area contributed by atoms with E-state index in [1.807, 2.05) is 0 Å². The summed E-state index contributed by atoms with van der Waals surface area (Å²) in [6.07, 6.45) is 1.61. The molecular weight excluding hydrogens is 108 g/mol. The number of nitrogens with zero attached hydrogens (tertiary/aromatic N) is 2. The topological polar surface area (TPSA) is 24.7 Å². The van der Waals surface area contributed by atoms with Crippen molar-refractivity contribution in [1.29, 1.82) is 0 Å². The molecule has 0 aromatic rings. The SMILES string of the molecule is C/C=N\N=C(/C)S. The predicted molar refractivity (Wildman–Crippen MR) is 36.3 cm³/mol. The first-order valence-electron chi connectivity index (χ1n) is 1.98. The summed E-state index contributed by atoms with van der Waals surface area (Å²) in [6.45, 7) is 3.58. The van der Waals surface area contributed by atoms with Gasteiger partial charge in [0.15, 0.2) is 0 Å². The van der Waals surface area contributed by atoms with Crippen molar-refractivity contribution < 1.29 is 0 Å². The molecule has 0 aliphatic heterocycles. The highest BCUT2D eigenvalue weighted by atomic mass is 32.1. The van der Waals surface area contributed by atoms with E-state index in [-0.39, 0.29) is 0 Å². The van der Waals surface area contributed by atoms with Gasteiger partial charge in [0.05, 0.1) is 5.04 Å². The Morgan fingerprint density at radius 2 is 2.29 bits per heavy atom. The van der Waals surface area contributed by atoms with E-state index in [4.69, 9.17) is 0 Å². The van der Waals surface area contributed by atoms with Gasteiger partial charge in [-0.2, -0.15) is 5.10 Å². The van der Waals surface area contributed by atoms with Gasteiger partial charge in [0.1, 0.15) is 0 Å². The Balaban J connectivity index is 3.46. The third-order valence-electron chi connectivity index (χ3n) is 0.318. The van der Waals surface area contributed by atoms with Crippen LogP contribution in [-0.4, -0.2) is 11.3 Å². The summed E-state index contributed by atoms with van der Waals surface area (Å²) in [5, 5.41) is 7.83. The molecule has 0 bridgehead atoms. The minimum atomic E-state index is 0.679. The number of thiol groups is 1. The molecule has 0 aromatic carbocycles. The van der Waals surface area contributed by atoms with Crippen LogP contribution in [0.15, 0.2) is 10.2 Å². The maximum absolute atomic E-state index is 3.87. The fraction of sp³-hybridized carbons (Fsp3) is 0.500. The summed E-state index contributed by atoms with van der Waals surface area (Å²) >= 11 is 3.87. The lowest BCUT2D eigenvalue weighted by Crippen LogP contribution is -1.70. The van der Waals surface area contributed by atoms with E-state index in [2.05, 4.69) is 22.8 Å². The van der Waals surface area contributed by atoms with Gasteiger partial charge in [-0.3, -0.25) is 0 Å². The monoisotopic (exact) mass is 116 g/mol. The smallest absolute Gasteiger partial charge is 0.0897 e. The highest BCUT2D eigenvalue weighted by Crippen LogP contribution is 1.80. The van der Waals surface area contributed by atoms with Gasteiger partial charge in [-0.1, -0.05) is 0 Å². The summed E-state index contributed by atoms with van der Waals surface area (Å²) in [7, 11) is 0. The predicted octanol–water partition coefficient (Wildman–Crippen LogP) is 1.34. The largest absolute Gasteiger partial charge is 0.163 e. The van der Waals surface area contributed by atoms with Crippen molar-refractivity contribution in [2.24, 2.45) is 10.2 Å². The first-order chi connectivity index (χ1) is 3.27. The Labute approximate surface area is 48.7 Å². The fourth-order valence-corrected chi connectivity index (χ4v) is 0.193. The molecular formula is C4H8N2S. The molecule has 0 fully saturated rings. The fourth-order valence-electron chi connectivity index (χ4n) is 0.141. The molecule has 0 amide bonds. The standard InChI is InChI=1S/C4H8N2S/c1-3-5-6-4(2)7/h3H,1-2H3,(H,6,7)/b5-3-. The van der Waals surface area contributed by atoms with Gasteiger partial charge in [0.25, 0.3) is 0 Å². The van der Waals surface area contributed by atoms with Crippen LogP contribution in [0, 0.1) is 0 Å². The van der Waals surface area contributed by atoms with Crippen LogP contribution in [0.3, 0.4) is 0 Å². The molecule has 3 heteroatoms. The lowest BCUT2D eigenvalue weighted by atomic mass is 10.9. The zero-order valence-electron chi connectivity index (χ0n) is 4.42. The molecule has 0 rings (SSSR count). The van der Waals surface area contributed by atoms with Crippen LogP contribution in [0.5, 0.6) is 0 Å². The van der Waals surface area contributed by atoms with Crippen LogP contribution in [0.4, 0.5) is 0 Å². The Kier molecular flexibility index (Phi) is 3.69. The molecule has 0 N–H and O–H groups in total. The number of hydrogen-bond acceptors (Lipinski definition) is 2. The Bertz CT molecular complexity index is 91.9. The lowest BCUT2D eigenvalue weighted by Gasteiger charge is -1.76. The molecule has 0 heterocycles. The quantitative estimate of drug-likeness (QED) is 0.231. The van der Waals surface area contributed by atoms with Crippen molar-refractivity contribution in [1.82, 2.24) is 0 Å². The van der Waals surface area contributed by atoms with E-state index in [0.29, 0.717) is 5.04 Å². The molecule has 0 saturated carbocycles. The molecule has 2 nitrogen and oxygen atoms in total. The van der Waals surface area contributed by atoms with E-state index in [1.54, 1.807) is 20.1 Å². The van der Waals surface area contributed by atoms with Gasteiger partial charge in [0, 0.05) is 6.21 Å². The molecule has 0 radical (unpaired) electrons. The number of rotatable bonds is 1. The molecule has 40 valence electrons. The first-order valence-corrected chi connectivity index (χ1v) is 2.43. The molecule has 7 heavy (non-hydrogen) atoms. The van der Waals surface area contributed by atoms with E-state index in [1.165, 1.54) is 0 Å². The van der Waals surface area contributed by atoms with E-state index >= 15 is 0 Å². The van der Waals surface area contributed by atoms with Crippen molar-refractivity contribution in [3.63, 3.8) is 0 Å². The van der Waals surface area contributed by atoms with Gasteiger partial charge in [-0.15, -0.1) is 17.7 Å². The summed E-state index contributed by atoms with van der Waals surface area (Å²) < 4.78 is 0. The molecule has 0 aliphatic carbocycles. The van der Waals surface area contributed by atoms with Crippen LogP contribution in [0.1, 0.15) is 13.8 Å². The van der Waals surface area contributed by atoms with Gasteiger partial charge in [-0.05, 0) is 13.8 Å². The average molecular weight is 116 g/mol. The van der Waals surface area contributed by atoms with Gasteiger partial charge >= 0.3 is 0 Å². The Hall–Kier alpha value is -0.310. The van der Waals surface area contributed by atoms with Crippen LogP contribution < -0.4 is 0 Å². The third-order valence-corrected chi connectivity index (χ3v) is 0.407. The molecule has 0 aliphatic rings. The average Bonchev–Trinajstić information content (AvgIpc) is 1.61. The van der Waals surface area contributed by atoms with Crippen LogP contribution >= 0.6 is 12.6 Å². The second kappa shape index (κ2) is 3.87. The maximum atomic E-state index is 3.87. The van der Waals surface area contributed by atoms with Crippen molar-refractivity contribution in [3.05, 3.63) is 0 Å². The lowest BCUT2D eigenvalue weighted by molar-refractivity contribution is 1.25. The summed E-state index contributed by atoms with van der Waals surface area (Å²) in [5.74, 6) is 0. The van der Waals surface area contributed by atoms with Crippen molar-refractivity contribution in [3.8, 4) is 0 Å². The highest BCUT2D eigenvalue weighted by Gasteiger charge is 1.69. The van der Waals surface area contributed by atoms with Gasteiger partial charge in [-0.25, -0.2) is 0 Å².